The number of benzene rings is 1. The third-order valence-electron chi connectivity index (χ3n) is 2.05. The lowest BCUT2D eigenvalue weighted by Gasteiger charge is -2.19. The Bertz CT molecular complexity index is 355. The summed E-state index contributed by atoms with van der Waals surface area (Å²) in [5.41, 5.74) is 1.72. The SMILES string of the molecule is CCCN(C)c1ccc(Br)cc1C#N. The summed E-state index contributed by atoms with van der Waals surface area (Å²) < 4.78 is 0.947. The minimum absolute atomic E-state index is 0.718. The Morgan fingerprint density at radius 2 is 2.21 bits per heavy atom. The fourth-order valence-electron chi connectivity index (χ4n) is 1.39. The predicted molar refractivity (Wildman–Crippen MR) is 62.4 cm³/mol. The van der Waals surface area contributed by atoms with E-state index in [-0.39, 0.29) is 0 Å². The van der Waals surface area contributed by atoms with Gasteiger partial charge < -0.3 is 4.90 Å². The Labute approximate surface area is 93.3 Å². The summed E-state index contributed by atoms with van der Waals surface area (Å²) in [5, 5.41) is 8.96. The smallest absolute Gasteiger partial charge is 0.101 e. The molecular weight excluding hydrogens is 240 g/mol. The third kappa shape index (κ3) is 2.49. The molecule has 14 heavy (non-hydrogen) atoms. The van der Waals surface area contributed by atoms with Gasteiger partial charge in [0, 0.05) is 18.1 Å². The van der Waals surface area contributed by atoms with Crippen LogP contribution < -0.4 is 4.90 Å². The lowest BCUT2D eigenvalue weighted by Crippen LogP contribution is -2.18. The molecule has 0 atom stereocenters. The van der Waals surface area contributed by atoms with Gasteiger partial charge in [-0.15, -0.1) is 0 Å². The molecule has 1 rings (SSSR count). The van der Waals surface area contributed by atoms with Gasteiger partial charge in [0.05, 0.1) is 11.3 Å². The normalized spacial score (nSPS) is 9.57. The van der Waals surface area contributed by atoms with E-state index in [1.54, 1.807) is 0 Å². The summed E-state index contributed by atoms with van der Waals surface area (Å²) in [5.74, 6) is 0. The highest BCUT2D eigenvalue weighted by molar-refractivity contribution is 9.10. The van der Waals surface area contributed by atoms with Crippen LogP contribution in [0.4, 0.5) is 5.69 Å². The Morgan fingerprint density at radius 1 is 1.50 bits per heavy atom. The largest absolute Gasteiger partial charge is 0.374 e. The van der Waals surface area contributed by atoms with Gasteiger partial charge in [-0.1, -0.05) is 22.9 Å². The number of nitriles is 1. The zero-order valence-corrected chi connectivity index (χ0v) is 10.0. The van der Waals surface area contributed by atoms with E-state index in [2.05, 4.69) is 33.8 Å². The molecule has 2 nitrogen and oxygen atoms in total. The van der Waals surface area contributed by atoms with Crippen molar-refractivity contribution in [1.29, 1.82) is 5.26 Å². The summed E-state index contributed by atoms with van der Waals surface area (Å²) in [6, 6.07) is 7.98. The van der Waals surface area contributed by atoms with Crippen LogP contribution in [0.3, 0.4) is 0 Å². The lowest BCUT2D eigenvalue weighted by atomic mass is 10.2. The maximum atomic E-state index is 8.96. The third-order valence-corrected chi connectivity index (χ3v) is 2.54. The maximum Gasteiger partial charge on any atom is 0.101 e. The molecule has 0 amide bonds. The van der Waals surface area contributed by atoms with Gasteiger partial charge in [0.15, 0.2) is 0 Å². The van der Waals surface area contributed by atoms with Crippen molar-refractivity contribution in [3.8, 4) is 6.07 Å². The van der Waals surface area contributed by atoms with Crippen LogP contribution >= 0.6 is 15.9 Å². The Hall–Kier alpha value is -1.01. The summed E-state index contributed by atoms with van der Waals surface area (Å²) in [6.07, 6.45) is 1.08. The van der Waals surface area contributed by atoms with E-state index in [1.807, 2.05) is 25.2 Å². The van der Waals surface area contributed by atoms with Crippen LogP contribution in [0.2, 0.25) is 0 Å². The van der Waals surface area contributed by atoms with Gasteiger partial charge >= 0.3 is 0 Å². The molecule has 0 radical (unpaired) electrons. The first-order chi connectivity index (χ1) is 6.69. The van der Waals surface area contributed by atoms with Crippen molar-refractivity contribution in [1.82, 2.24) is 0 Å². The average molecular weight is 253 g/mol. The predicted octanol–water partition coefficient (Wildman–Crippen LogP) is 3.17. The molecule has 0 aliphatic rings. The second-order valence-electron chi connectivity index (χ2n) is 3.19. The van der Waals surface area contributed by atoms with Crippen LogP contribution in [-0.4, -0.2) is 13.6 Å². The van der Waals surface area contributed by atoms with Crippen LogP contribution in [-0.2, 0) is 0 Å². The molecule has 0 aliphatic carbocycles. The molecule has 0 saturated carbocycles. The van der Waals surface area contributed by atoms with Crippen LogP contribution in [0, 0.1) is 11.3 Å². The number of halogens is 1. The second-order valence-corrected chi connectivity index (χ2v) is 4.11. The van der Waals surface area contributed by atoms with Crippen molar-refractivity contribution >= 4 is 21.6 Å². The van der Waals surface area contributed by atoms with Gasteiger partial charge in [-0.3, -0.25) is 0 Å². The molecule has 0 aromatic heterocycles. The molecule has 0 spiro atoms. The molecule has 0 aliphatic heterocycles. The van der Waals surface area contributed by atoms with Crippen LogP contribution in [0.5, 0.6) is 0 Å². The Balaban J connectivity index is 3.03. The van der Waals surface area contributed by atoms with E-state index in [9.17, 15) is 0 Å². The maximum absolute atomic E-state index is 8.96. The topological polar surface area (TPSA) is 27.0 Å². The van der Waals surface area contributed by atoms with E-state index < -0.39 is 0 Å². The first-order valence-electron chi connectivity index (χ1n) is 4.59. The van der Waals surface area contributed by atoms with Crippen molar-refractivity contribution in [2.24, 2.45) is 0 Å². The van der Waals surface area contributed by atoms with E-state index >= 15 is 0 Å². The number of nitrogens with zero attached hydrogens (tertiary/aromatic N) is 2. The van der Waals surface area contributed by atoms with Gasteiger partial charge in [0.25, 0.3) is 0 Å². The monoisotopic (exact) mass is 252 g/mol. The first kappa shape index (κ1) is 11.1. The van der Waals surface area contributed by atoms with E-state index in [0.717, 1.165) is 28.7 Å². The molecule has 74 valence electrons. The van der Waals surface area contributed by atoms with Gasteiger partial charge in [-0.2, -0.15) is 5.26 Å². The number of anilines is 1. The summed E-state index contributed by atoms with van der Waals surface area (Å²) in [7, 11) is 2.01. The van der Waals surface area contributed by atoms with E-state index in [1.165, 1.54) is 0 Å². The molecule has 3 heteroatoms. The molecule has 1 aromatic carbocycles. The standard InChI is InChI=1S/C11H13BrN2/c1-3-6-14(2)11-5-4-10(12)7-9(11)8-13/h4-5,7H,3,6H2,1-2H3. The van der Waals surface area contributed by atoms with E-state index in [0.29, 0.717) is 0 Å². The fourth-order valence-corrected chi connectivity index (χ4v) is 1.75. The van der Waals surface area contributed by atoms with Crippen LogP contribution in [0.1, 0.15) is 18.9 Å². The Kier molecular flexibility index (Phi) is 3.97. The van der Waals surface area contributed by atoms with Gasteiger partial charge in [-0.25, -0.2) is 0 Å². The summed E-state index contributed by atoms with van der Waals surface area (Å²) >= 11 is 3.36. The number of hydrogen-bond donors (Lipinski definition) is 0. The van der Waals surface area contributed by atoms with Crippen molar-refractivity contribution in [2.75, 3.05) is 18.5 Å². The molecule has 0 saturated heterocycles. The van der Waals surface area contributed by atoms with Crippen molar-refractivity contribution in [3.63, 3.8) is 0 Å². The highest BCUT2D eigenvalue weighted by Crippen LogP contribution is 2.23. The molecule has 1 aromatic rings. The molecule has 0 bridgehead atoms. The zero-order valence-electron chi connectivity index (χ0n) is 8.42. The van der Waals surface area contributed by atoms with Gasteiger partial charge in [-0.05, 0) is 24.6 Å². The highest BCUT2D eigenvalue weighted by atomic mass is 79.9. The number of rotatable bonds is 3. The van der Waals surface area contributed by atoms with Crippen molar-refractivity contribution in [2.45, 2.75) is 13.3 Å². The fraction of sp³-hybridized carbons (Fsp3) is 0.364. The highest BCUT2D eigenvalue weighted by Gasteiger charge is 2.06. The molecule has 0 unspecified atom stereocenters. The lowest BCUT2D eigenvalue weighted by molar-refractivity contribution is 0.851. The number of hydrogen-bond acceptors (Lipinski definition) is 2. The van der Waals surface area contributed by atoms with E-state index in [4.69, 9.17) is 5.26 Å². The molecule has 0 heterocycles. The second kappa shape index (κ2) is 5.02. The van der Waals surface area contributed by atoms with Gasteiger partial charge in [0.1, 0.15) is 6.07 Å². The minimum Gasteiger partial charge on any atom is -0.374 e. The van der Waals surface area contributed by atoms with Crippen LogP contribution in [0.15, 0.2) is 22.7 Å². The van der Waals surface area contributed by atoms with Crippen molar-refractivity contribution < 1.29 is 0 Å². The van der Waals surface area contributed by atoms with Crippen LogP contribution in [0.25, 0.3) is 0 Å². The average Bonchev–Trinajstić information content (AvgIpc) is 2.17. The first-order valence-corrected chi connectivity index (χ1v) is 5.39. The minimum atomic E-state index is 0.718. The summed E-state index contributed by atoms with van der Waals surface area (Å²) in [4.78, 5) is 2.10. The zero-order chi connectivity index (χ0) is 10.6. The molecule has 0 N–H and O–H groups in total. The summed E-state index contributed by atoms with van der Waals surface area (Å²) in [6.45, 7) is 3.09. The Morgan fingerprint density at radius 3 is 2.79 bits per heavy atom. The molecular formula is C11H13BrN2. The molecule has 0 fully saturated rings. The quantitative estimate of drug-likeness (QED) is 0.827. The van der Waals surface area contributed by atoms with Crippen molar-refractivity contribution in [3.05, 3.63) is 28.2 Å². The van der Waals surface area contributed by atoms with Gasteiger partial charge in [0.2, 0.25) is 0 Å².